The van der Waals surface area contributed by atoms with Crippen LogP contribution in [0.5, 0.6) is 0 Å². The van der Waals surface area contributed by atoms with Gasteiger partial charge in [-0.2, -0.15) is 11.8 Å². The summed E-state index contributed by atoms with van der Waals surface area (Å²) in [6, 6.07) is 0.353. The van der Waals surface area contributed by atoms with Gasteiger partial charge in [0.05, 0.1) is 18.3 Å². The van der Waals surface area contributed by atoms with Gasteiger partial charge in [0, 0.05) is 12.6 Å². The van der Waals surface area contributed by atoms with Crippen molar-refractivity contribution in [3.8, 4) is 0 Å². The maximum Gasteiger partial charge on any atom is 0.307 e. The molecular formula is C12H21NO3S. The fraction of sp³-hybridized carbons (Fsp3) is 0.833. The van der Waals surface area contributed by atoms with E-state index in [2.05, 4.69) is 0 Å². The third-order valence-electron chi connectivity index (χ3n) is 2.83. The molecule has 0 bridgehead atoms. The molecule has 0 aromatic heterocycles. The van der Waals surface area contributed by atoms with Crippen molar-refractivity contribution in [1.29, 1.82) is 0 Å². The second-order valence-electron chi connectivity index (χ2n) is 4.20. The summed E-state index contributed by atoms with van der Waals surface area (Å²) in [6.07, 6.45) is 4.36. The van der Waals surface area contributed by atoms with Gasteiger partial charge in [0.2, 0.25) is 5.91 Å². The van der Waals surface area contributed by atoms with E-state index in [1.807, 2.05) is 18.1 Å². The van der Waals surface area contributed by atoms with Crippen molar-refractivity contribution in [2.24, 2.45) is 0 Å². The fourth-order valence-corrected chi connectivity index (χ4v) is 1.98. The highest BCUT2D eigenvalue weighted by molar-refractivity contribution is 7.99. The van der Waals surface area contributed by atoms with E-state index >= 15 is 0 Å². The summed E-state index contributed by atoms with van der Waals surface area (Å²) in [5.41, 5.74) is 0. The third kappa shape index (κ3) is 4.58. The zero-order valence-electron chi connectivity index (χ0n) is 10.8. The summed E-state index contributed by atoms with van der Waals surface area (Å²) in [4.78, 5) is 25.2. The molecule has 0 saturated heterocycles. The number of hydrogen-bond acceptors (Lipinski definition) is 4. The first-order valence-corrected chi connectivity index (χ1v) is 7.37. The number of thioether (sulfide) groups is 1. The Morgan fingerprint density at radius 1 is 1.47 bits per heavy atom. The molecule has 1 fully saturated rings. The standard InChI is InChI=1S/C12H21NO3S/c1-4-16-11(14)7-8-13(10-5-6-10)12(15)9(2)17-3/h9-10H,4-8H2,1-3H3. The predicted molar refractivity (Wildman–Crippen MR) is 69.0 cm³/mol. The van der Waals surface area contributed by atoms with Gasteiger partial charge in [-0.1, -0.05) is 0 Å². The lowest BCUT2D eigenvalue weighted by molar-refractivity contribution is -0.144. The topological polar surface area (TPSA) is 46.6 Å². The number of ether oxygens (including phenoxy) is 1. The normalized spacial score (nSPS) is 16.4. The molecule has 4 nitrogen and oxygen atoms in total. The molecule has 0 spiro atoms. The van der Waals surface area contributed by atoms with E-state index in [1.165, 1.54) is 0 Å². The highest BCUT2D eigenvalue weighted by atomic mass is 32.2. The number of carbonyl (C=O) groups excluding carboxylic acids is 2. The Kier molecular flexibility index (Phi) is 5.82. The maximum atomic E-state index is 12.1. The molecule has 98 valence electrons. The summed E-state index contributed by atoms with van der Waals surface area (Å²) in [5, 5.41) is -0.0298. The fourth-order valence-electron chi connectivity index (χ4n) is 1.64. The van der Waals surface area contributed by atoms with Gasteiger partial charge < -0.3 is 9.64 Å². The van der Waals surface area contributed by atoms with Crippen molar-refractivity contribution in [1.82, 2.24) is 4.90 Å². The summed E-state index contributed by atoms with van der Waals surface area (Å²) >= 11 is 1.54. The van der Waals surface area contributed by atoms with Crippen molar-refractivity contribution < 1.29 is 14.3 Å². The van der Waals surface area contributed by atoms with Gasteiger partial charge in [-0.25, -0.2) is 0 Å². The molecule has 0 heterocycles. The minimum Gasteiger partial charge on any atom is -0.466 e. The van der Waals surface area contributed by atoms with Crippen LogP contribution in [0.15, 0.2) is 0 Å². The largest absolute Gasteiger partial charge is 0.466 e. The molecular weight excluding hydrogens is 238 g/mol. The second-order valence-corrected chi connectivity index (χ2v) is 5.37. The van der Waals surface area contributed by atoms with Gasteiger partial charge in [-0.05, 0) is 32.9 Å². The zero-order chi connectivity index (χ0) is 12.8. The van der Waals surface area contributed by atoms with Gasteiger partial charge in [-0.15, -0.1) is 0 Å². The molecule has 0 aromatic carbocycles. The first-order chi connectivity index (χ1) is 8.10. The van der Waals surface area contributed by atoms with Crippen molar-refractivity contribution in [2.45, 2.75) is 44.4 Å². The van der Waals surface area contributed by atoms with Crippen molar-refractivity contribution in [3.05, 3.63) is 0 Å². The van der Waals surface area contributed by atoms with Crippen LogP contribution in [0.25, 0.3) is 0 Å². The van der Waals surface area contributed by atoms with E-state index in [4.69, 9.17) is 4.74 Å². The number of nitrogens with zero attached hydrogens (tertiary/aromatic N) is 1. The highest BCUT2D eigenvalue weighted by Gasteiger charge is 2.34. The molecule has 1 unspecified atom stereocenters. The lowest BCUT2D eigenvalue weighted by Crippen LogP contribution is -2.39. The Morgan fingerprint density at radius 2 is 2.12 bits per heavy atom. The Morgan fingerprint density at radius 3 is 2.59 bits per heavy atom. The van der Waals surface area contributed by atoms with Crippen LogP contribution in [0.1, 0.15) is 33.1 Å². The van der Waals surface area contributed by atoms with Gasteiger partial charge >= 0.3 is 5.97 Å². The highest BCUT2D eigenvalue weighted by Crippen LogP contribution is 2.28. The molecule has 0 aromatic rings. The van der Waals surface area contributed by atoms with Crippen molar-refractivity contribution in [2.75, 3.05) is 19.4 Å². The molecule has 0 radical (unpaired) electrons. The average molecular weight is 259 g/mol. The lowest BCUT2D eigenvalue weighted by atomic mass is 10.3. The summed E-state index contributed by atoms with van der Waals surface area (Å²) in [5.74, 6) is -0.0768. The van der Waals surface area contributed by atoms with Crippen LogP contribution in [-0.2, 0) is 14.3 Å². The molecule has 1 rings (SSSR count). The zero-order valence-corrected chi connectivity index (χ0v) is 11.6. The number of carbonyl (C=O) groups is 2. The monoisotopic (exact) mass is 259 g/mol. The van der Waals surface area contributed by atoms with Crippen LogP contribution >= 0.6 is 11.8 Å². The van der Waals surface area contributed by atoms with E-state index in [0.717, 1.165) is 12.8 Å². The second kappa shape index (κ2) is 6.89. The number of hydrogen-bond donors (Lipinski definition) is 0. The Hall–Kier alpha value is -0.710. The van der Waals surface area contributed by atoms with Crippen LogP contribution in [-0.4, -0.2) is 47.5 Å². The molecule has 0 aliphatic heterocycles. The first kappa shape index (κ1) is 14.4. The van der Waals surface area contributed by atoms with Crippen molar-refractivity contribution >= 4 is 23.6 Å². The van der Waals surface area contributed by atoms with E-state index in [1.54, 1.807) is 18.7 Å². The predicted octanol–water partition coefficient (Wildman–Crippen LogP) is 1.68. The third-order valence-corrected chi connectivity index (χ3v) is 3.74. The molecule has 1 atom stereocenters. The quantitative estimate of drug-likeness (QED) is 0.653. The van der Waals surface area contributed by atoms with Crippen LogP contribution in [0, 0.1) is 0 Å². The Bertz CT molecular complexity index is 279. The summed E-state index contributed by atoms with van der Waals surface area (Å²) in [7, 11) is 0. The number of rotatable bonds is 7. The van der Waals surface area contributed by atoms with Gasteiger partial charge in [0.25, 0.3) is 0 Å². The molecule has 5 heteroatoms. The minimum atomic E-state index is -0.220. The molecule has 0 N–H and O–H groups in total. The number of amides is 1. The van der Waals surface area contributed by atoms with E-state index in [-0.39, 0.29) is 17.1 Å². The lowest BCUT2D eigenvalue weighted by Gasteiger charge is -2.24. The van der Waals surface area contributed by atoms with Gasteiger partial charge in [0.15, 0.2) is 0 Å². The number of esters is 1. The van der Waals surface area contributed by atoms with Gasteiger partial charge in [-0.3, -0.25) is 9.59 Å². The van der Waals surface area contributed by atoms with Gasteiger partial charge in [0.1, 0.15) is 0 Å². The maximum absolute atomic E-state index is 12.1. The first-order valence-electron chi connectivity index (χ1n) is 6.09. The molecule has 1 amide bonds. The Labute approximate surface area is 107 Å². The molecule has 1 aliphatic rings. The van der Waals surface area contributed by atoms with E-state index < -0.39 is 0 Å². The Balaban J connectivity index is 2.43. The van der Waals surface area contributed by atoms with E-state index in [9.17, 15) is 9.59 Å². The van der Waals surface area contributed by atoms with Crippen LogP contribution in [0.4, 0.5) is 0 Å². The SMILES string of the molecule is CCOC(=O)CCN(C(=O)C(C)SC)C1CC1. The molecule has 1 aliphatic carbocycles. The van der Waals surface area contributed by atoms with Crippen LogP contribution in [0.2, 0.25) is 0 Å². The van der Waals surface area contributed by atoms with E-state index in [0.29, 0.717) is 25.6 Å². The van der Waals surface area contributed by atoms with Crippen LogP contribution in [0.3, 0.4) is 0 Å². The summed E-state index contributed by atoms with van der Waals surface area (Å²) in [6.45, 7) is 4.59. The van der Waals surface area contributed by atoms with Crippen LogP contribution < -0.4 is 0 Å². The average Bonchev–Trinajstić information content (AvgIpc) is 3.12. The smallest absolute Gasteiger partial charge is 0.307 e. The van der Waals surface area contributed by atoms with Crippen molar-refractivity contribution in [3.63, 3.8) is 0 Å². The summed E-state index contributed by atoms with van der Waals surface area (Å²) < 4.78 is 4.88. The molecule has 17 heavy (non-hydrogen) atoms. The minimum absolute atomic E-state index is 0.0298. The molecule has 1 saturated carbocycles.